The lowest BCUT2D eigenvalue weighted by molar-refractivity contribution is -0.384. The van der Waals surface area contributed by atoms with Crippen molar-refractivity contribution in [2.24, 2.45) is 0 Å². The van der Waals surface area contributed by atoms with Crippen LogP contribution < -0.4 is 19.9 Å². The average Bonchev–Trinajstić information content (AvgIpc) is 3.79. The molecule has 1 aromatic carbocycles. The number of hydrogen-bond donors (Lipinski definition) is 2. The summed E-state index contributed by atoms with van der Waals surface area (Å²) in [6, 6.07) is 7.06. The molecule has 3 aromatic rings. The molecule has 0 atom stereocenters. The third-order valence-corrected chi connectivity index (χ3v) is 8.34. The first-order valence-electron chi connectivity index (χ1n) is 15.1. The van der Waals surface area contributed by atoms with Gasteiger partial charge in [-0.1, -0.05) is 27.7 Å². The van der Waals surface area contributed by atoms with Crippen molar-refractivity contribution in [2.75, 3.05) is 63.0 Å². The predicted molar refractivity (Wildman–Crippen MR) is 174 cm³/mol. The molecule has 0 spiro atoms. The summed E-state index contributed by atoms with van der Waals surface area (Å²) in [5, 5.41) is 25.8. The lowest BCUT2D eigenvalue weighted by atomic mass is 9.91. The smallest absolute Gasteiger partial charge is 0.341 e. The number of rotatable bonds is 12. The molecule has 13 heteroatoms. The number of likely N-dealkylation sites (N-methyl/N-ethyl adjacent to an activating group) is 2. The van der Waals surface area contributed by atoms with E-state index in [2.05, 4.69) is 24.1 Å². The minimum absolute atomic E-state index is 0.0151. The van der Waals surface area contributed by atoms with Crippen LogP contribution >= 0.6 is 0 Å². The molecule has 1 aliphatic carbocycles. The standard InChI is InChI=1S/C32H42N8O5/c1-18(2)27-26(30(41)42)29(39-17-32(3,4)28-22(39)12-11-20(33-28)19-9-10-19)36-31(35-27)34-21-15-24(40(43)44)23(16-25(21)45-8)38(7)14-13-37(5)6/h11-12,15-16,18-19H,9-10,13-14,17H2,1-8H3,(H,41,42)(H,34,35,36). The van der Waals surface area contributed by atoms with Gasteiger partial charge >= 0.3 is 5.97 Å². The topological polar surface area (TPSA) is 150 Å². The van der Waals surface area contributed by atoms with E-state index in [0.29, 0.717) is 42.7 Å². The van der Waals surface area contributed by atoms with Gasteiger partial charge in [-0.15, -0.1) is 0 Å². The molecule has 2 aliphatic rings. The molecule has 1 aliphatic heterocycles. The Morgan fingerprint density at radius 2 is 1.89 bits per heavy atom. The maximum absolute atomic E-state index is 12.8. The van der Waals surface area contributed by atoms with Crippen LogP contribution in [-0.2, 0) is 5.41 Å². The van der Waals surface area contributed by atoms with E-state index in [-0.39, 0.29) is 40.0 Å². The van der Waals surface area contributed by atoms with Crippen LogP contribution in [0.15, 0.2) is 24.3 Å². The molecule has 2 aromatic heterocycles. The van der Waals surface area contributed by atoms with Crippen LogP contribution in [0.4, 0.5) is 34.5 Å². The van der Waals surface area contributed by atoms with Crippen LogP contribution in [0.1, 0.15) is 79.8 Å². The first-order valence-corrected chi connectivity index (χ1v) is 15.1. The zero-order chi connectivity index (χ0) is 32.8. The Morgan fingerprint density at radius 3 is 2.47 bits per heavy atom. The van der Waals surface area contributed by atoms with Crippen molar-refractivity contribution in [3.05, 3.63) is 57.0 Å². The average molecular weight is 619 g/mol. The SMILES string of the molecule is COc1cc(N(C)CCN(C)C)c([N+](=O)[O-])cc1Nc1nc(C(C)C)c(C(=O)O)c(N2CC(C)(C)c3nc(C4CC4)ccc32)n1. The Labute approximate surface area is 263 Å². The van der Waals surface area contributed by atoms with E-state index in [9.17, 15) is 20.0 Å². The Balaban J connectivity index is 1.62. The second-order valence-electron chi connectivity index (χ2n) is 13.1. The maximum atomic E-state index is 12.8. The van der Waals surface area contributed by atoms with E-state index in [1.54, 1.807) is 13.1 Å². The quantitative estimate of drug-likeness (QED) is 0.190. The lowest BCUT2D eigenvalue weighted by Gasteiger charge is -2.25. The number of pyridine rings is 1. The van der Waals surface area contributed by atoms with Crippen LogP contribution in [0.3, 0.4) is 0 Å². The Morgan fingerprint density at radius 1 is 1.18 bits per heavy atom. The number of carbonyl (C=O) groups is 1. The van der Waals surface area contributed by atoms with E-state index < -0.39 is 10.9 Å². The van der Waals surface area contributed by atoms with Crippen molar-refractivity contribution in [3.8, 4) is 5.75 Å². The normalized spacial score (nSPS) is 15.4. The molecule has 0 unspecified atom stereocenters. The van der Waals surface area contributed by atoms with Gasteiger partial charge in [0.15, 0.2) is 5.82 Å². The van der Waals surface area contributed by atoms with Crippen LogP contribution in [0.25, 0.3) is 0 Å². The molecule has 0 bridgehead atoms. The summed E-state index contributed by atoms with van der Waals surface area (Å²) in [4.78, 5) is 44.7. The van der Waals surface area contributed by atoms with E-state index in [1.807, 2.05) is 54.8 Å². The summed E-state index contributed by atoms with van der Waals surface area (Å²) in [6.07, 6.45) is 2.26. The zero-order valence-corrected chi connectivity index (χ0v) is 27.2. The number of nitrogens with one attached hydrogen (secondary N) is 1. The number of methoxy groups -OCH3 is 1. The minimum Gasteiger partial charge on any atom is -0.494 e. The van der Waals surface area contributed by atoms with E-state index >= 15 is 0 Å². The third-order valence-electron chi connectivity index (χ3n) is 8.34. The molecule has 0 radical (unpaired) electrons. The highest BCUT2D eigenvalue weighted by Gasteiger charge is 2.41. The monoisotopic (exact) mass is 618 g/mol. The second kappa shape index (κ2) is 12.1. The lowest BCUT2D eigenvalue weighted by Crippen LogP contribution is -2.29. The van der Waals surface area contributed by atoms with Gasteiger partial charge in [-0.25, -0.2) is 9.78 Å². The molecule has 0 saturated heterocycles. The Bertz CT molecular complexity index is 1640. The molecular weight excluding hydrogens is 576 g/mol. The molecule has 1 fully saturated rings. The molecule has 0 amide bonds. The zero-order valence-electron chi connectivity index (χ0n) is 27.2. The highest BCUT2D eigenvalue weighted by molar-refractivity contribution is 5.97. The van der Waals surface area contributed by atoms with Gasteiger partial charge in [0, 0.05) is 55.8 Å². The van der Waals surface area contributed by atoms with Gasteiger partial charge in [-0.2, -0.15) is 4.98 Å². The fourth-order valence-corrected chi connectivity index (χ4v) is 5.74. The van der Waals surface area contributed by atoms with Crippen molar-refractivity contribution in [3.63, 3.8) is 0 Å². The summed E-state index contributed by atoms with van der Waals surface area (Å²) < 4.78 is 5.66. The maximum Gasteiger partial charge on any atom is 0.341 e. The Kier molecular flexibility index (Phi) is 8.58. The van der Waals surface area contributed by atoms with E-state index in [0.717, 1.165) is 29.9 Å². The molecule has 1 saturated carbocycles. The van der Waals surface area contributed by atoms with Gasteiger partial charge in [-0.05, 0) is 45.0 Å². The molecule has 240 valence electrons. The van der Waals surface area contributed by atoms with Crippen molar-refractivity contribution in [1.82, 2.24) is 19.9 Å². The highest BCUT2D eigenvalue weighted by atomic mass is 16.6. The number of carboxylic acid groups (broad SMARTS) is 1. The third kappa shape index (κ3) is 6.35. The van der Waals surface area contributed by atoms with Crippen LogP contribution in [0.5, 0.6) is 5.75 Å². The molecule has 2 N–H and O–H groups in total. The van der Waals surface area contributed by atoms with Crippen molar-refractivity contribution in [1.29, 1.82) is 0 Å². The summed E-state index contributed by atoms with van der Waals surface area (Å²) in [6.45, 7) is 9.68. The number of anilines is 5. The number of nitro benzene ring substituents is 1. The number of benzene rings is 1. The Hall–Kier alpha value is -4.52. The second-order valence-corrected chi connectivity index (χ2v) is 13.1. The van der Waals surface area contributed by atoms with Gasteiger partial charge in [0.25, 0.3) is 5.69 Å². The summed E-state index contributed by atoms with van der Waals surface area (Å²) in [5.41, 5.74) is 3.37. The number of nitro groups is 1. The van der Waals surface area contributed by atoms with Crippen molar-refractivity contribution in [2.45, 2.75) is 57.8 Å². The van der Waals surface area contributed by atoms with Gasteiger partial charge in [0.05, 0.1) is 34.8 Å². The highest BCUT2D eigenvalue weighted by Crippen LogP contribution is 2.47. The fraction of sp³-hybridized carbons (Fsp3) is 0.500. The number of aromatic nitrogens is 3. The van der Waals surface area contributed by atoms with Gasteiger partial charge < -0.3 is 29.9 Å². The first-order chi connectivity index (χ1) is 21.2. The fourth-order valence-electron chi connectivity index (χ4n) is 5.74. The van der Waals surface area contributed by atoms with E-state index in [4.69, 9.17) is 14.7 Å². The molecule has 45 heavy (non-hydrogen) atoms. The van der Waals surface area contributed by atoms with Crippen LogP contribution in [0, 0.1) is 10.1 Å². The van der Waals surface area contributed by atoms with Crippen molar-refractivity contribution >= 4 is 40.5 Å². The number of carboxylic acids is 1. The largest absolute Gasteiger partial charge is 0.494 e. The van der Waals surface area contributed by atoms with Gasteiger partial charge in [-0.3, -0.25) is 15.1 Å². The van der Waals surface area contributed by atoms with Crippen molar-refractivity contribution < 1.29 is 19.6 Å². The number of aromatic carboxylic acids is 1. The summed E-state index contributed by atoms with van der Waals surface area (Å²) >= 11 is 0. The first kappa shape index (κ1) is 31.9. The number of ether oxygens (including phenoxy) is 1. The van der Waals surface area contributed by atoms with Crippen LogP contribution in [0.2, 0.25) is 0 Å². The predicted octanol–water partition coefficient (Wildman–Crippen LogP) is 5.66. The minimum atomic E-state index is -1.13. The summed E-state index contributed by atoms with van der Waals surface area (Å²) in [5.74, 6) is -0.204. The van der Waals surface area contributed by atoms with Gasteiger partial charge in [0.1, 0.15) is 17.0 Å². The number of fused-ring (bicyclic) bond motifs is 1. The molecule has 13 nitrogen and oxygen atoms in total. The number of hydrogen-bond acceptors (Lipinski definition) is 11. The molecule has 5 rings (SSSR count). The van der Waals surface area contributed by atoms with Crippen LogP contribution in [-0.4, -0.2) is 83.7 Å². The molecular formula is C32H42N8O5. The summed E-state index contributed by atoms with van der Waals surface area (Å²) in [7, 11) is 7.16. The van der Waals surface area contributed by atoms with E-state index in [1.165, 1.54) is 13.2 Å². The van der Waals surface area contributed by atoms with Gasteiger partial charge in [0.2, 0.25) is 5.95 Å². The molecule has 3 heterocycles. The number of nitrogens with zero attached hydrogens (tertiary/aromatic N) is 7.